The highest BCUT2D eigenvalue weighted by atomic mass is 79.9. The Morgan fingerprint density at radius 3 is 2.89 bits per heavy atom. The summed E-state index contributed by atoms with van der Waals surface area (Å²) < 4.78 is 1.21. The van der Waals surface area contributed by atoms with E-state index in [0.29, 0.717) is 6.04 Å². The third-order valence-electron chi connectivity index (χ3n) is 3.35. The van der Waals surface area contributed by atoms with Gasteiger partial charge in [0.25, 0.3) is 0 Å². The van der Waals surface area contributed by atoms with Gasteiger partial charge in [-0.25, -0.2) is 0 Å². The summed E-state index contributed by atoms with van der Waals surface area (Å²) in [5.41, 5.74) is 0.222. The van der Waals surface area contributed by atoms with Crippen LogP contribution in [0.5, 0.6) is 0 Å². The summed E-state index contributed by atoms with van der Waals surface area (Å²) in [6, 6.07) is 2.95. The molecule has 1 aliphatic rings. The Labute approximate surface area is 123 Å². The molecule has 1 aliphatic heterocycles. The highest BCUT2D eigenvalue weighted by Gasteiger charge is 2.25. The van der Waals surface area contributed by atoms with Crippen LogP contribution in [0.25, 0.3) is 0 Å². The summed E-state index contributed by atoms with van der Waals surface area (Å²) >= 11 is 5.39. The van der Waals surface area contributed by atoms with Crippen molar-refractivity contribution in [1.29, 1.82) is 0 Å². The van der Waals surface area contributed by atoms with Crippen molar-refractivity contribution in [3.05, 3.63) is 20.8 Å². The third-order valence-corrected chi connectivity index (χ3v) is 5.03. The second kappa shape index (κ2) is 6.04. The Morgan fingerprint density at radius 2 is 2.28 bits per heavy atom. The molecule has 1 aromatic rings. The average Bonchev–Trinajstić information content (AvgIpc) is 2.85. The van der Waals surface area contributed by atoms with Gasteiger partial charge >= 0.3 is 0 Å². The van der Waals surface area contributed by atoms with E-state index >= 15 is 0 Å². The highest BCUT2D eigenvalue weighted by molar-refractivity contribution is 9.10. The molecule has 1 atom stereocenters. The van der Waals surface area contributed by atoms with Crippen molar-refractivity contribution in [2.75, 3.05) is 13.1 Å². The SMILES string of the molecule is CC(C)(C)NCC1CCCN1Cc1cc(Br)cs1. The lowest BCUT2D eigenvalue weighted by Gasteiger charge is -2.28. The normalized spacial score (nSPS) is 21.7. The molecule has 0 spiro atoms. The van der Waals surface area contributed by atoms with Gasteiger partial charge in [-0.2, -0.15) is 0 Å². The molecular weight excluding hydrogens is 308 g/mol. The number of nitrogens with one attached hydrogen (secondary N) is 1. The molecule has 1 saturated heterocycles. The molecule has 18 heavy (non-hydrogen) atoms. The zero-order valence-electron chi connectivity index (χ0n) is 11.5. The zero-order chi connectivity index (χ0) is 13.2. The molecule has 102 valence electrons. The largest absolute Gasteiger partial charge is 0.311 e. The maximum Gasteiger partial charge on any atom is 0.0331 e. The van der Waals surface area contributed by atoms with E-state index in [1.165, 1.54) is 28.7 Å². The summed E-state index contributed by atoms with van der Waals surface area (Å²) in [5.74, 6) is 0. The number of hydrogen-bond acceptors (Lipinski definition) is 3. The summed E-state index contributed by atoms with van der Waals surface area (Å²) in [6.07, 6.45) is 2.67. The predicted octanol–water partition coefficient (Wildman–Crippen LogP) is 3.86. The lowest BCUT2D eigenvalue weighted by molar-refractivity contribution is 0.227. The number of hydrogen-bond donors (Lipinski definition) is 1. The molecule has 0 radical (unpaired) electrons. The molecule has 1 unspecified atom stereocenters. The first-order valence-electron chi connectivity index (χ1n) is 6.66. The van der Waals surface area contributed by atoms with Crippen LogP contribution in [-0.4, -0.2) is 29.6 Å². The van der Waals surface area contributed by atoms with Gasteiger partial charge in [-0.1, -0.05) is 0 Å². The highest BCUT2D eigenvalue weighted by Crippen LogP contribution is 2.25. The average molecular weight is 331 g/mol. The molecule has 0 saturated carbocycles. The number of nitrogens with zero attached hydrogens (tertiary/aromatic N) is 1. The molecule has 0 bridgehead atoms. The molecule has 2 rings (SSSR count). The van der Waals surface area contributed by atoms with Crippen LogP contribution in [0.4, 0.5) is 0 Å². The van der Waals surface area contributed by atoms with Gasteiger partial charge in [0.1, 0.15) is 0 Å². The monoisotopic (exact) mass is 330 g/mol. The molecule has 0 amide bonds. The van der Waals surface area contributed by atoms with Gasteiger partial charge in [0.2, 0.25) is 0 Å². The lowest BCUT2D eigenvalue weighted by Crippen LogP contribution is -2.44. The number of halogens is 1. The first-order valence-corrected chi connectivity index (χ1v) is 8.33. The van der Waals surface area contributed by atoms with Gasteiger partial charge in [0, 0.05) is 39.4 Å². The van der Waals surface area contributed by atoms with E-state index in [9.17, 15) is 0 Å². The number of likely N-dealkylation sites (tertiary alicyclic amines) is 1. The summed E-state index contributed by atoms with van der Waals surface area (Å²) in [6.45, 7) is 10.2. The van der Waals surface area contributed by atoms with Crippen molar-refractivity contribution >= 4 is 27.3 Å². The van der Waals surface area contributed by atoms with Crippen LogP contribution in [0.2, 0.25) is 0 Å². The fourth-order valence-corrected chi connectivity index (χ4v) is 3.87. The van der Waals surface area contributed by atoms with Gasteiger partial charge in [-0.15, -0.1) is 11.3 Å². The van der Waals surface area contributed by atoms with Crippen LogP contribution in [0.15, 0.2) is 15.9 Å². The summed E-state index contributed by atoms with van der Waals surface area (Å²) in [7, 11) is 0. The van der Waals surface area contributed by atoms with Gasteiger partial charge in [0.15, 0.2) is 0 Å². The Kier molecular flexibility index (Phi) is 4.86. The maximum atomic E-state index is 3.64. The topological polar surface area (TPSA) is 15.3 Å². The van der Waals surface area contributed by atoms with E-state index in [-0.39, 0.29) is 5.54 Å². The molecule has 2 nitrogen and oxygen atoms in total. The molecular formula is C14H23BrN2S. The molecule has 1 aromatic heterocycles. The van der Waals surface area contributed by atoms with Crippen LogP contribution in [-0.2, 0) is 6.54 Å². The summed E-state index contributed by atoms with van der Waals surface area (Å²) in [5, 5.41) is 5.81. The van der Waals surface area contributed by atoms with E-state index in [1.807, 2.05) is 11.3 Å². The Hall–Kier alpha value is 0.1000. The number of thiophene rings is 1. The van der Waals surface area contributed by atoms with Crippen LogP contribution in [0, 0.1) is 0 Å². The van der Waals surface area contributed by atoms with Crippen molar-refractivity contribution in [2.45, 2.75) is 51.7 Å². The van der Waals surface area contributed by atoms with Gasteiger partial charge in [0.05, 0.1) is 0 Å². The molecule has 2 heterocycles. The second-order valence-electron chi connectivity index (χ2n) is 6.13. The fourth-order valence-electron chi connectivity index (χ4n) is 2.40. The first kappa shape index (κ1) is 14.5. The van der Waals surface area contributed by atoms with Crippen molar-refractivity contribution < 1.29 is 0 Å². The van der Waals surface area contributed by atoms with Crippen LogP contribution >= 0.6 is 27.3 Å². The Balaban J connectivity index is 1.87. The minimum Gasteiger partial charge on any atom is -0.311 e. The van der Waals surface area contributed by atoms with Crippen LogP contribution < -0.4 is 5.32 Å². The van der Waals surface area contributed by atoms with E-state index in [2.05, 4.69) is 58.4 Å². The second-order valence-corrected chi connectivity index (χ2v) is 8.04. The molecule has 0 aromatic carbocycles. The van der Waals surface area contributed by atoms with Crippen LogP contribution in [0.3, 0.4) is 0 Å². The van der Waals surface area contributed by atoms with Crippen LogP contribution in [0.1, 0.15) is 38.5 Å². The van der Waals surface area contributed by atoms with E-state index < -0.39 is 0 Å². The standard InChI is InChI=1S/C14H23BrN2S/c1-14(2,3)16-8-12-5-4-6-17(12)9-13-7-11(15)10-18-13/h7,10,12,16H,4-6,8-9H2,1-3H3. The lowest BCUT2D eigenvalue weighted by atomic mass is 10.1. The number of rotatable bonds is 4. The maximum absolute atomic E-state index is 3.64. The minimum atomic E-state index is 0.222. The van der Waals surface area contributed by atoms with E-state index in [1.54, 1.807) is 0 Å². The van der Waals surface area contributed by atoms with Gasteiger partial charge < -0.3 is 5.32 Å². The fraction of sp³-hybridized carbons (Fsp3) is 0.714. The Bertz CT molecular complexity index is 383. The third kappa shape index (κ3) is 4.34. The predicted molar refractivity (Wildman–Crippen MR) is 83.2 cm³/mol. The summed E-state index contributed by atoms with van der Waals surface area (Å²) in [4.78, 5) is 4.08. The van der Waals surface area contributed by atoms with Crippen molar-refractivity contribution in [2.24, 2.45) is 0 Å². The molecule has 0 aliphatic carbocycles. The van der Waals surface area contributed by atoms with Crippen molar-refractivity contribution in [3.63, 3.8) is 0 Å². The van der Waals surface area contributed by atoms with Gasteiger partial charge in [-0.3, -0.25) is 4.90 Å². The Morgan fingerprint density at radius 1 is 1.50 bits per heavy atom. The van der Waals surface area contributed by atoms with E-state index in [4.69, 9.17) is 0 Å². The van der Waals surface area contributed by atoms with Gasteiger partial charge in [-0.05, 0) is 62.2 Å². The molecule has 1 fully saturated rings. The molecule has 1 N–H and O–H groups in total. The van der Waals surface area contributed by atoms with Crippen molar-refractivity contribution in [3.8, 4) is 0 Å². The van der Waals surface area contributed by atoms with Crippen molar-refractivity contribution in [1.82, 2.24) is 10.2 Å². The first-order chi connectivity index (χ1) is 8.44. The molecule has 4 heteroatoms. The smallest absolute Gasteiger partial charge is 0.0331 e. The van der Waals surface area contributed by atoms with E-state index in [0.717, 1.165) is 13.1 Å². The zero-order valence-corrected chi connectivity index (χ0v) is 13.9. The minimum absolute atomic E-state index is 0.222. The quantitative estimate of drug-likeness (QED) is 0.901.